The fourth-order valence-corrected chi connectivity index (χ4v) is 1.16. The number of nitrogens with zero attached hydrogens (tertiary/aromatic N) is 3. The minimum absolute atomic E-state index is 0.234. The molecule has 0 saturated carbocycles. The van der Waals surface area contributed by atoms with Crippen molar-refractivity contribution in [2.45, 2.75) is 19.9 Å². The van der Waals surface area contributed by atoms with E-state index in [0.29, 0.717) is 5.75 Å². The maximum absolute atomic E-state index is 12.6. The molecule has 0 radical (unpaired) electrons. The van der Waals surface area contributed by atoms with Crippen LogP contribution in [0.2, 0.25) is 0 Å². The molecule has 0 spiro atoms. The van der Waals surface area contributed by atoms with Crippen molar-refractivity contribution in [3.63, 3.8) is 0 Å². The second-order valence-electron chi connectivity index (χ2n) is 3.66. The Morgan fingerprint density at radius 1 is 1.25 bits per heavy atom. The smallest absolute Gasteiger partial charge is 0.340 e. The summed E-state index contributed by atoms with van der Waals surface area (Å²) in [7, 11) is 0. The van der Waals surface area contributed by atoms with Crippen LogP contribution in [0.5, 0.6) is 11.8 Å². The molecular formula is C11H12FN3O. The minimum atomic E-state index is -0.298. The molecule has 16 heavy (non-hydrogen) atoms. The van der Waals surface area contributed by atoms with Gasteiger partial charge in [0, 0.05) is 6.04 Å². The highest BCUT2D eigenvalue weighted by atomic mass is 19.1. The van der Waals surface area contributed by atoms with Crippen molar-refractivity contribution in [2.75, 3.05) is 0 Å². The molecule has 84 valence electrons. The Balaban J connectivity index is 2.11. The van der Waals surface area contributed by atoms with Gasteiger partial charge in [0.15, 0.2) is 0 Å². The van der Waals surface area contributed by atoms with Crippen LogP contribution in [0.25, 0.3) is 0 Å². The van der Waals surface area contributed by atoms with E-state index in [2.05, 4.69) is 10.1 Å². The number of hydrogen-bond donors (Lipinski definition) is 0. The Labute approximate surface area is 92.7 Å². The van der Waals surface area contributed by atoms with Crippen LogP contribution in [0.1, 0.15) is 19.9 Å². The number of halogens is 1. The number of ether oxygens (including phenoxy) is 1. The molecule has 0 aliphatic carbocycles. The second-order valence-corrected chi connectivity index (χ2v) is 3.66. The van der Waals surface area contributed by atoms with E-state index in [4.69, 9.17) is 4.74 Å². The maximum Gasteiger partial charge on any atom is 0.340 e. The molecule has 0 amide bonds. The first-order chi connectivity index (χ1) is 7.65. The first-order valence-electron chi connectivity index (χ1n) is 5.00. The average Bonchev–Trinajstić information content (AvgIpc) is 2.70. The molecule has 0 N–H and O–H groups in total. The van der Waals surface area contributed by atoms with Crippen molar-refractivity contribution in [1.82, 2.24) is 14.8 Å². The summed E-state index contributed by atoms with van der Waals surface area (Å²) in [6, 6.07) is 6.22. The summed E-state index contributed by atoms with van der Waals surface area (Å²) in [5, 5.41) is 4.12. The molecule has 0 bridgehead atoms. The van der Waals surface area contributed by atoms with Gasteiger partial charge in [-0.05, 0) is 38.1 Å². The van der Waals surface area contributed by atoms with Crippen LogP contribution >= 0.6 is 0 Å². The molecule has 0 aliphatic heterocycles. The molecule has 0 saturated heterocycles. The largest absolute Gasteiger partial charge is 0.423 e. The van der Waals surface area contributed by atoms with Crippen molar-refractivity contribution in [1.29, 1.82) is 0 Å². The Kier molecular flexibility index (Phi) is 2.85. The summed E-state index contributed by atoms with van der Waals surface area (Å²) in [5.41, 5.74) is 0. The van der Waals surface area contributed by atoms with Crippen LogP contribution < -0.4 is 4.74 Å². The van der Waals surface area contributed by atoms with Crippen molar-refractivity contribution >= 4 is 0 Å². The monoisotopic (exact) mass is 221 g/mol. The molecule has 1 aromatic heterocycles. The summed E-state index contributed by atoms with van der Waals surface area (Å²) >= 11 is 0. The Morgan fingerprint density at radius 2 is 1.94 bits per heavy atom. The Morgan fingerprint density at radius 3 is 2.50 bits per heavy atom. The van der Waals surface area contributed by atoms with Gasteiger partial charge in [0.05, 0.1) is 0 Å². The first-order valence-corrected chi connectivity index (χ1v) is 5.00. The van der Waals surface area contributed by atoms with Gasteiger partial charge in [0.1, 0.15) is 17.9 Å². The third-order valence-electron chi connectivity index (χ3n) is 2.04. The molecule has 0 atom stereocenters. The second kappa shape index (κ2) is 4.30. The third kappa shape index (κ3) is 2.36. The van der Waals surface area contributed by atoms with Crippen molar-refractivity contribution in [2.24, 2.45) is 0 Å². The zero-order valence-electron chi connectivity index (χ0n) is 9.09. The van der Waals surface area contributed by atoms with Gasteiger partial charge in [0.25, 0.3) is 0 Å². The van der Waals surface area contributed by atoms with Crippen molar-refractivity contribution in [3.05, 3.63) is 36.4 Å². The van der Waals surface area contributed by atoms with E-state index >= 15 is 0 Å². The van der Waals surface area contributed by atoms with Crippen molar-refractivity contribution < 1.29 is 9.13 Å². The SMILES string of the molecule is CC(C)n1cnc(Oc2ccc(F)cc2)n1. The molecular weight excluding hydrogens is 209 g/mol. The predicted molar refractivity (Wildman–Crippen MR) is 56.9 cm³/mol. The summed E-state index contributed by atoms with van der Waals surface area (Å²) in [5.74, 6) is 0.218. The quantitative estimate of drug-likeness (QED) is 0.800. The zero-order valence-corrected chi connectivity index (χ0v) is 9.09. The van der Waals surface area contributed by atoms with Gasteiger partial charge in [-0.2, -0.15) is 4.98 Å². The van der Waals surface area contributed by atoms with E-state index < -0.39 is 0 Å². The molecule has 0 aliphatic rings. The topological polar surface area (TPSA) is 39.9 Å². The lowest BCUT2D eigenvalue weighted by Crippen LogP contribution is -2.00. The summed E-state index contributed by atoms with van der Waals surface area (Å²) in [6.45, 7) is 3.99. The van der Waals surface area contributed by atoms with E-state index in [1.54, 1.807) is 11.0 Å². The molecule has 0 unspecified atom stereocenters. The number of aromatic nitrogens is 3. The summed E-state index contributed by atoms with van der Waals surface area (Å²) in [6.07, 6.45) is 1.60. The highest BCUT2D eigenvalue weighted by Crippen LogP contribution is 2.18. The molecule has 4 nitrogen and oxygen atoms in total. The molecule has 1 heterocycles. The normalized spacial score (nSPS) is 10.8. The van der Waals surface area contributed by atoms with Crippen LogP contribution in [-0.4, -0.2) is 14.8 Å². The van der Waals surface area contributed by atoms with E-state index in [-0.39, 0.29) is 17.9 Å². The van der Waals surface area contributed by atoms with Gasteiger partial charge in [-0.25, -0.2) is 9.07 Å². The molecule has 0 fully saturated rings. The highest BCUT2D eigenvalue weighted by molar-refractivity contribution is 5.24. The minimum Gasteiger partial charge on any atom is -0.423 e. The standard InChI is InChI=1S/C11H12FN3O/c1-8(2)15-7-13-11(14-15)16-10-5-3-9(12)4-6-10/h3-8H,1-2H3. The Hall–Kier alpha value is -1.91. The van der Waals surface area contributed by atoms with Gasteiger partial charge in [-0.3, -0.25) is 0 Å². The van der Waals surface area contributed by atoms with E-state index in [0.717, 1.165) is 0 Å². The van der Waals surface area contributed by atoms with Crippen LogP contribution in [0.4, 0.5) is 4.39 Å². The van der Waals surface area contributed by atoms with Gasteiger partial charge in [-0.15, -0.1) is 5.10 Å². The van der Waals surface area contributed by atoms with Gasteiger partial charge < -0.3 is 4.74 Å². The molecule has 1 aromatic carbocycles. The van der Waals surface area contributed by atoms with E-state index in [1.807, 2.05) is 13.8 Å². The lowest BCUT2D eigenvalue weighted by molar-refractivity contribution is 0.425. The molecule has 2 aromatic rings. The van der Waals surface area contributed by atoms with E-state index in [9.17, 15) is 4.39 Å². The fraction of sp³-hybridized carbons (Fsp3) is 0.273. The number of rotatable bonds is 3. The van der Waals surface area contributed by atoms with Crippen LogP contribution in [0.15, 0.2) is 30.6 Å². The summed E-state index contributed by atoms with van der Waals surface area (Å²) < 4.78 is 19.7. The average molecular weight is 221 g/mol. The van der Waals surface area contributed by atoms with Crippen LogP contribution in [0, 0.1) is 5.82 Å². The van der Waals surface area contributed by atoms with Gasteiger partial charge in [-0.1, -0.05) is 0 Å². The van der Waals surface area contributed by atoms with Crippen LogP contribution in [0.3, 0.4) is 0 Å². The van der Waals surface area contributed by atoms with Gasteiger partial charge in [0.2, 0.25) is 0 Å². The molecule has 5 heteroatoms. The number of benzene rings is 1. The predicted octanol–water partition coefficient (Wildman–Crippen LogP) is 2.79. The maximum atomic E-state index is 12.6. The highest BCUT2D eigenvalue weighted by Gasteiger charge is 2.05. The fourth-order valence-electron chi connectivity index (χ4n) is 1.16. The third-order valence-corrected chi connectivity index (χ3v) is 2.04. The first kappa shape index (κ1) is 10.6. The van der Waals surface area contributed by atoms with E-state index in [1.165, 1.54) is 24.3 Å². The van der Waals surface area contributed by atoms with Crippen molar-refractivity contribution in [3.8, 4) is 11.8 Å². The molecule has 2 rings (SSSR count). The number of hydrogen-bond acceptors (Lipinski definition) is 3. The lowest BCUT2D eigenvalue weighted by atomic mass is 10.3. The zero-order chi connectivity index (χ0) is 11.5. The van der Waals surface area contributed by atoms with Gasteiger partial charge >= 0.3 is 6.01 Å². The Bertz CT molecular complexity index is 464. The van der Waals surface area contributed by atoms with Crippen LogP contribution in [-0.2, 0) is 0 Å². The lowest BCUT2D eigenvalue weighted by Gasteiger charge is -2.02. The summed E-state index contributed by atoms with van der Waals surface area (Å²) in [4.78, 5) is 3.99.